The fourth-order valence-electron chi connectivity index (χ4n) is 3.01. The van der Waals surface area contributed by atoms with Gasteiger partial charge >= 0.3 is 0 Å². The summed E-state index contributed by atoms with van der Waals surface area (Å²) in [7, 11) is 0. The highest BCUT2D eigenvalue weighted by molar-refractivity contribution is 7.15. The first kappa shape index (κ1) is 20.3. The quantitative estimate of drug-likeness (QED) is 0.697. The highest BCUT2D eigenvalue weighted by Gasteiger charge is 2.36. The van der Waals surface area contributed by atoms with E-state index in [9.17, 15) is 9.59 Å². The fourth-order valence-corrected chi connectivity index (χ4v) is 3.82. The average molecular weight is 403 g/mol. The highest BCUT2D eigenvalue weighted by Crippen LogP contribution is 2.28. The highest BCUT2D eigenvalue weighted by atomic mass is 32.1. The molecule has 1 saturated heterocycles. The maximum Gasteiger partial charge on any atom is 0.229 e. The van der Waals surface area contributed by atoms with Crippen LogP contribution in [0.3, 0.4) is 0 Å². The Balaban J connectivity index is 1.45. The number of rotatable bonds is 9. The van der Waals surface area contributed by atoms with E-state index in [2.05, 4.69) is 22.4 Å². The van der Waals surface area contributed by atoms with Crippen LogP contribution in [-0.2, 0) is 22.4 Å². The molecule has 1 N–H and O–H groups in total. The molecule has 1 fully saturated rings. The lowest BCUT2D eigenvalue weighted by atomic mass is 10.1. The normalized spacial score (nSPS) is 16.4. The molecule has 2 aromatic rings. The molecular weight excluding hydrogens is 376 g/mol. The number of carbonyl (C=O) groups is 2. The molecule has 1 aromatic carbocycles. The molecular formula is C20H26N4O3S. The molecule has 0 spiro atoms. The molecule has 2 heterocycles. The molecule has 0 radical (unpaired) electrons. The molecule has 1 aromatic heterocycles. The van der Waals surface area contributed by atoms with Crippen LogP contribution in [-0.4, -0.2) is 41.7 Å². The standard InChI is InChI=1S/C20H26N4O3S/c1-3-11-27-16-7-5-14(6-8-16)9-10-21-19(26)15-12-18(25)24(13-15)20-23-22-17(4-2)28-20/h5-8,15H,3-4,9-13H2,1-2H3,(H,21,26). The van der Waals surface area contributed by atoms with Gasteiger partial charge < -0.3 is 10.1 Å². The van der Waals surface area contributed by atoms with E-state index in [-0.39, 0.29) is 24.2 Å². The SMILES string of the molecule is CCCOc1ccc(CCNC(=O)C2CC(=O)N(c3nnc(CC)s3)C2)cc1. The number of ether oxygens (including phenoxy) is 1. The number of hydrogen-bond acceptors (Lipinski definition) is 6. The van der Waals surface area contributed by atoms with Crippen molar-refractivity contribution in [2.75, 3.05) is 24.6 Å². The third kappa shape index (κ3) is 5.07. The monoisotopic (exact) mass is 402 g/mol. The zero-order valence-corrected chi connectivity index (χ0v) is 17.1. The third-order valence-electron chi connectivity index (χ3n) is 4.59. The van der Waals surface area contributed by atoms with Crippen molar-refractivity contribution >= 4 is 28.3 Å². The van der Waals surface area contributed by atoms with Gasteiger partial charge in [0.25, 0.3) is 0 Å². The molecule has 1 atom stereocenters. The lowest BCUT2D eigenvalue weighted by Crippen LogP contribution is -2.34. The molecule has 8 heteroatoms. The number of nitrogens with zero attached hydrogens (tertiary/aromatic N) is 3. The number of anilines is 1. The van der Waals surface area contributed by atoms with Gasteiger partial charge in [0, 0.05) is 19.5 Å². The summed E-state index contributed by atoms with van der Waals surface area (Å²) in [6.45, 7) is 5.69. The van der Waals surface area contributed by atoms with E-state index >= 15 is 0 Å². The van der Waals surface area contributed by atoms with Crippen molar-refractivity contribution < 1.29 is 14.3 Å². The van der Waals surface area contributed by atoms with Crippen molar-refractivity contribution in [3.63, 3.8) is 0 Å². The second-order valence-electron chi connectivity index (χ2n) is 6.77. The van der Waals surface area contributed by atoms with Crippen molar-refractivity contribution in [3.05, 3.63) is 34.8 Å². The molecule has 3 rings (SSSR count). The number of hydrogen-bond donors (Lipinski definition) is 1. The molecule has 0 bridgehead atoms. The van der Waals surface area contributed by atoms with Crippen LogP contribution in [0.25, 0.3) is 0 Å². The summed E-state index contributed by atoms with van der Waals surface area (Å²) >= 11 is 1.41. The van der Waals surface area contributed by atoms with E-state index in [0.717, 1.165) is 35.6 Å². The predicted octanol–water partition coefficient (Wildman–Crippen LogP) is 2.60. The van der Waals surface area contributed by atoms with E-state index < -0.39 is 0 Å². The Kier molecular flexibility index (Phi) is 6.97. The third-order valence-corrected chi connectivity index (χ3v) is 5.69. The summed E-state index contributed by atoms with van der Waals surface area (Å²) in [4.78, 5) is 26.3. The molecule has 1 unspecified atom stereocenters. The van der Waals surface area contributed by atoms with Gasteiger partial charge in [-0.15, -0.1) is 10.2 Å². The van der Waals surface area contributed by atoms with Gasteiger partial charge in [0.2, 0.25) is 16.9 Å². The van der Waals surface area contributed by atoms with E-state index in [4.69, 9.17) is 4.74 Å². The first-order chi connectivity index (χ1) is 13.6. The van der Waals surface area contributed by atoms with Crippen LogP contribution >= 0.6 is 11.3 Å². The molecule has 150 valence electrons. The Hall–Kier alpha value is -2.48. The van der Waals surface area contributed by atoms with Crippen LogP contribution in [0, 0.1) is 5.92 Å². The summed E-state index contributed by atoms with van der Waals surface area (Å²) in [5, 5.41) is 12.6. The summed E-state index contributed by atoms with van der Waals surface area (Å²) < 4.78 is 5.57. The molecule has 0 aliphatic carbocycles. The summed E-state index contributed by atoms with van der Waals surface area (Å²) in [5.41, 5.74) is 1.13. The van der Waals surface area contributed by atoms with Gasteiger partial charge in [0.1, 0.15) is 10.8 Å². The number of carbonyl (C=O) groups excluding carboxylic acids is 2. The first-order valence-corrected chi connectivity index (χ1v) is 10.5. The van der Waals surface area contributed by atoms with Crippen LogP contribution in [0.4, 0.5) is 5.13 Å². The number of amides is 2. The van der Waals surface area contributed by atoms with Crippen LogP contribution < -0.4 is 15.0 Å². The Labute approximate surface area is 169 Å². The summed E-state index contributed by atoms with van der Waals surface area (Å²) in [6, 6.07) is 7.93. The lowest BCUT2D eigenvalue weighted by molar-refractivity contribution is -0.126. The van der Waals surface area contributed by atoms with E-state index in [1.807, 2.05) is 31.2 Å². The van der Waals surface area contributed by atoms with Crippen LogP contribution in [0.15, 0.2) is 24.3 Å². The van der Waals surface area contributed by atoms with Crippen molar-refractivity contribution in [1.29, 1.82) is 0 Å². The largest absolute Gasteiger partial charge is 0.494 e. The van der Waals surface area contributed by atoms with Gasteiger partial charge in [-0.3, -0.25) is 14.5 Å². The molecule has 1 aliphatic heterocycles. The zero-order chi connectivity index (χ0) is 19.9. The number of benzene rings is 1. The number of aromatic nitrogens is 2. The second-order valence-corrected chi connectivity index (χ2v) is 7.81. The molecule has 2 amide bonds. The first-order valence-electron chi connectivity index (χ1n) is 9.72. The maximum absolute atomic E-state index is 12.4. The fraction of sp³-hybridized carbons (Fsp3) is 0.500. The minimum Gasteiger partial charge on any atom is -0.494 e. The minimum atomic E-state index is -0.341. The van der Waals surface area contributed by atoms with E-state index in [1.165, 1.54) is 11.3 Å². The second kappa shape index (κ2) is 9.64. The van der Waals surface area contributed by atoms with E-state index in [0.29, 0.717) is 24.8 Å². The predicted molar refractivity (Wildman–Crippen MR) is 109 cm³/mol. The summed E-state index contributed by atoms with van der Waals surface area (Å²) in [6.07, 6.45) is 2.72. The Morgan fingerprint density at radius 2 is 2.07 bits per heavy atom. The molecule has 0 saturated carbocycles. The smallest absolute Gasteiger partial charge is 0.229 e. The van der Waals surface area contributed by atoms with Crippen molar-refractivity contribution in [1.82, 2.24) is 15.5 Å². The van der Waals surface area contributed by atoms with Gasteiger partial charge in [-0.25, -0.2) is 0 Å². The van der Waals surface area contributed by atoms with Crippen LogP contribution in [0.2, 0.25) is 0 Å². The van der Waals surface area contributed by atoms with E-state index in [1.54, 1.807) is 4.90 Å². The van der Waals surface area contributed by atoms with Gasteiger partial charge in [0.15, 0.2) is 0 Å². The van der Waals surface area contributed by atoms with Gasteiger partial charge in [-0.1, -0.05) is 37.3 Å². The maximum atomic E-state index is 12.4. The number of aryl methyl sites for hydroxylation is 1. The minimum absolute atomic E-state index is 0.0679. The van der Waals surface area contributed by atoms with Crippen LogP contribution in [0.5, 0.6) is 5.75 Å². The average Bonchev–Trinajstić information content (AvgIpc) is 3.33. The Morgan fingerprint density at radius 3 is 2.75 bits per heavy atom. The van der Waals surface area contributed by atoms with Crippen molar-refractivity contribution in [3.8, 4) is 5.75 Å². The lowest BCUT2D eigenvalue weighted by Gasteiger charge is -2.13. The van der Waals surface area contributed by atoms with Gasteiger partial charge in [-0.2, -0.15) is 0 Å². The van der Waals surface area contributed by atoms with Crippen molar-refractivity contribution in [2.45, 2.75) is 39.5 Å². The Morgan fingerprint density at radius 1 is 1.29 bits per heavy atom. The Bertz CT molecular complexity index is 806. The van der Waals surface area contributed by atoms with Gasteiger partial charge in [-0.05, 0) is 37.0 Å². The zero-order valence-electron chi connectivity index (χ0n) is 16.3. The molecule has 28 heavy (non-hydrogen) atoms. The number of nitrogens with one attached hydrogen (secondary N) is 1. The molecule has 1 aliphatic rings. The topological polar surface area (TPSA) is 84.4 Å². The molecule has 7 nitrogen and oxygen atoms in total. The van der Waals surface area contributed by atoms with Crippen molar-refractivity contribution in [2.24, 2.45) is 5.92 Å². The summed E-state index contributed by atoms with van der Waals surface area (Å²) in [5.74, 6) is 0.369. The van der Waals surface area contributed by atoms with Gasteiger partial charge in [0.05, 0.1) is 12.5 Å². The van der Waals surface area contributed by atoms with Crippen LogP contribution in [0.1, 0.15) is 37.3 Å².